The van der Waals surface area contributed by atoms with E-state index in [-0.39, 0.29) is 12.4 Å². The lowest BCUT2D eigenvalue weighted by Crippen LogP contribution is -2.32. The molecule has 10 heavy (non-hydrogen) atoms. The van der Waals surface area contributed by atoms with E-state index in [2.05, 4.69) is 0 Å². The number of aliphatic hydroxyl groups excluding tert-OH is 1. The minimum Gasteiger partial charge on any atom is -0.391 e. The molecule has 0 unspecified atom stereocenters. The molecule has 0 saturated carbocycles. The highest BCUT2D eigenvalue weighted by Crippen LogP contribution is 1.85. The Balaban J connectivity index is 3.56. The molecular formula is C3H8ClNO4S. The molecule has 0 amide bonds. The Hall–Kier alpha value is 0.120. The Morgan fingerprint density at radius 3 is 2.40 bits per heavy atom. The molecule has 3 N–H and O–H groups in total. The van der Waals surface area contributed by atoms with Crippen molar-refractivity contribution in [3.8, 4) is 0 Å². The molecule has 5 nitrogen and oxygen atoms in total. The van der Waals surface area contributed by atoms with Gasteiger partial charge in [0.15, 0.2) is 0 Å². The number of rotatable bonds is 4. The third kappa shape index (κ3) is 6.24. The topological polar surface area (TPSA) is 86.6 Å². The van der Waals surface area contributed by atoms with Crippen LogP contribution in [-0.2, 0) is 10.3 Å². The van der Waals surface area contributed by atoms with Crippen molar-refractivity contribution in [2.24, 2.45) is 0 Å². The van der Waals surface area contributed by atoms with E-state index in [1.54, 1.807) is 4.72 Å². The van der Waals surface area contributed by atoms with Crippen molar-refractivity contribution in [3.05, 3.63) is 0 Å². The highest BCUT2D eigenvalue weighted by Gasteiger charge is 2.06. The van der Waals surface area contributed by atoms with Gasteiger partial charge in [-0.3, -0.25) is 4.55 Å². The van der Waals surface area contributed by atoms with Crippen molar-refractivity contribution in [1.29, 1.82) is 0 Å². The maximum atomic E-state index is 9.94. The molecule has 62 valence electrons. The molecular weight excluding hydrogens is 182 g/mol. The van der Waals surface area contributed by atoms with E-state index in [0.717, 1.165) is 0 Å². The second kappa shape index (κ2) is 4.09. The summed E-state index contributed by atoms with van der Waals surface area (Å²) in [5.74, 6) is -0.0808. The van der Waals surface area contributed by atoms with Crippen molar-refractivity contribution < 1.29 is 18.1 Å². The van der Waals surface area contributed by atoms with Gasteiger partial charge in [-0.15, -0.1) is 11.6 Å². The SMILES string of the molecule is O=S(=O)(O)NC[C@@H](O)CCl. The fourth-order valence-electron chi connectivity index (χ4n) is 0.256. The van der Waals surface area contributed by atoms with Crippen LogP contribution in [0.15, 0.2) is 0 Å². The highest BCUT2D eigenvalue weighted by molar-refractivity contribution is 7.83. The van der Waals surface area contributed by atoms with E-state index >= 15 is 0 Å². The van der Waals surface area contributed by atoms with Crippen LogP contribution >= 0.6 is 11.6 Å². The molecule has 0 aromatic carbocycles. The van der Waals surface area contributed by atoms with Crippen LogP contribution in [0, 0.1) is 0 Å². The fourth-order valence-corrected chi connectivity index (χ4v) is 0.768. The zero-order chi connectivity index (χ0) is 8.20. The molecule has 0 aliphatic rings. The molecule has 7 heteroatoms. The predicted molar refractivity (Wildman–Crippen MR) is 36.3 cm³/mol. The van der Waals surface area contributed by atoms with Gasteiger partial charge >= 0.3 is 10.3 Å². The van der Waals surface area contributed by atoms with Crippen molar-refractivity contribution in [3.63, 3.8) is 0 Å². The molecule has 0 fully saturated rings. The van der Waals surface area contributed by atoms with Crippen LogP contribution in [0.25, 0.3) is 0 Å². The lowest BCUT2D eigenvalue weighted by molar-refractivity contribution is 0.200. The molecule has 0 rings (SSSR count). The van der Waals surface area contributed by atoms with Crippen molar-refractivity contribution in [1.82, 2.24) is 4.72 Å². The molecule has 0 bridgehead atoms. The summed E-state index contributed by atoms with van der Waals surface area (Å²) in [4.78, 5) is 0. The first kappa shape index (κ1) is 10.1. The van der Waals surface area contributed by atoms with E-state index in [1.807, 2.05) is 0 Å². The first-order valence-electron chi connectivity index (χ1n) is 2.42. The largest absolute Gasteiger partial charge is 0.391 e. The highest BCUT2D eigenvalue weighted by atomic mass is 35.5. The van der Waals surface area contributed by atoms with Gasteiger partial charge in [0, 0.05) is 12.4 Å². The third-order valence-electron chi connectivity index (χ3n) is 0.679. The number of alkyl halides is 1. The maximum absolute atomic E-state index is 9.94. The molecule has 0 aliphatic heterocycles. The van der Waals surface area contributed by atoms with Crippen LogP contribution in [0.2, 0.25) is 0 Å². The van der Waals surface area contributed by atoms with Crippen molar-refractivity contribution >= 4 is 21.9 Å². The second-order valence-electron chi connectivity index (χ2n) is 1.63. The van der Waals surface area contributed by atoms with Crippen LogP contribution in [-0.4, -0.2) is 36.6 Å². The normalized spacial score (nSPS) is 15.1. The van der Waals surface area contributed by atoms with Gasteiger partial charge in [0.2, 0.25) is 0 Å². The van der Waals surface area contributed by atoms with E-state index in [1.165, 1.54) is 0 Å². The zero-order valence-corrected chi connectivity index (χ0v) is 6.56. The fraction of sp³-hybridized carbons (Fsp3) is 1.00. The summed E-state index contributed by atoms with van der Waals surface area (Å²) in [6.07, 6.45) is -0.969. The zero-order valence-electron chi connectivity index (χ0n) is 4.99. The van der Waals surface area contributed by atoms with Crippen LogP contribution in [0.4, 0.5) is 0 Å². The van der Waals surface area contributed by atoms with E-state index in [0.29, 0.717) is 0 Å². The first-order chi connectivity index (χ1) is 4.45. The van der Waals surface area contributed by atoms with Crippen LogP contribution < -0.4 is 4.72 Å². The number of nitrogens with one attached hydrogen (secondary N) is 1. The minimum absolute atomic E-state index is 0.0808. The first-order valence-corrected chi connectivity index (χ1v) is 4.39. The van der Waals surface area contributed by atoms with Crippen LogP contribution in [0.1, 0.15) is 0 Å². The van der Waals surface area contributed by atoms with Gasteiger partial charge in [0.25, 0.3) is 0 Å². The monoisotopic (exact) mass is 189 g/mol. The Bertz CT molecular complexity index is 179. The second-order valence-corrected chi connectivity index (χ2v) is 3.18. The van der Waals surface area contributed by atoms with Gasteiger partial charge in [-0.1, -0.05) is 0 Å². The molecule has 1 atom stereocenters. The van der Waals surface area contributed by atoms with Gasteiger partial charge in [-0.2, -0.15) is 13.1 Å². The van der Waals surface area contributed by atoms with Crippen LogP contribution in [0.5, 0.6) is 0 Å². The average Bonchev–Trinajstić information content (AvgIpc) is 1.81. The van der Waals surface area contributed by atoms with E-state index < -0.39 is 16.4 Å². The van der Waals surface area contributed by atoms with Crippen molar-refractivity contribution in [2.75, 3.05) is 12.4 Å². The Kier molecular flexibility index (Phi) is 4.14. The number of aliphatic hydroxyl groups is 1. The lowest BCUT2D eigenvalue weighted by atomic mass is 10.4. The standard InChI is InChI=1S/C3H8ClNO4S/c4-1-3(6)2-5-10(7,8)9/h3,5-6H,1-2H2,(H,7,8,9)/t3-/m0/s1. The lowest BCUT2D eigenvalue weighted by Gasteiger charge is -2.04. The molecule has 0 spiro atoms. The molecule has 0 aromatic rings. The molecule has 0 saturated heterocycles. The summed E-state index contributed by atoms with van der Waals surface area (Å²) in [6.45, 7) is -0.275. The summed E-state index contributed by atoms with van der Waals surface area (Å²) >= 11 is 5.11. The maximum Gasteiger partial charge on any atom is 0.333 e. The summed E-state index contributed by atoms with van der Waals surface area (Å²) in [5.41, 5.74) is 0. The van der Waals surface area contributed by atoms with E-state index in [4.69, 9.17) is 21.3 Å². The Labute approximate surface area is 63.9 Å². The molecule has 0 heterocycles. The van der Waals surface area contributed by atoms with Gasteiger partial charge in [-0.05, 0) is 0 Å². The van der Waals surface area contributed by atoms with Gasteiger partial charge < -0.3 is 5.11 Å². The summed E-state index contributed by atoms with van der Waals surface area (Å²) in [6, 6.07) is 0. The summed E-state index contributed by atoms with van der Waals surface area (Å²) in [5, 5.41) is 8.65. The van der Waals surface area contributed by atoms with Crippen molar-refractivity contribution in [2.45, 2.75) is 6.10 Å². The van der Waals surface area contributed by atoms with E-state index in [9.17, 15) is 8.42 Å². The average molecular weight is 190 g/mol. The van der Waals surface area contributed by atoms with Gasteiger partial charge in [-0.25, -0.2) is 0 Å². The summed E-state index contributed by atoms with van der Waals surface area (Å²) in [7, 11) is -4.20. The van der Waals surface area contributed by atoms with Gasteiger partial charge in [0.05, 0.1) is 6.10 Å². The smallest absolute Gasteiger partial charge is 0.333 e. The van der Waals surface area contributed by atoms with Crippen LogP contribution in [0.3, 0.4) is 0 Å². The molecule has 0 aliphatic carbocycles. The molecule has 0 aromatic heterocycles. The summed E-state index contributed by atoms with van der Waals surface area (Å²) < 4.78 is 29.6. The minimum atomic E-state index is -4.20. The third-order valence-corrected chi connectivity index (χ3v) is 1.57. The quantitative estimate of drug-likeness (QED) is 0.390. The Morgan fingerprint density at radius 2 is 2.10 bits per heavy atom. The number of hydrogen-bond acceptors (Lipinski definition) is 3. The predicted octanol–water partition coefficient (Wildman–Crippen LogP) is -1.02. The van der Waals surface area contributed by atoms with Gasteiger partial charge in [0.1, 0.15) is 0 Å². The Morgan fingerprint density at radius 1 is 1.60 bits per heavy atom. The number of hydrogen-bond donors (Lipinski definition) is 3. The number of halogens is 1. The molecule has 0 radical (unpaired) electrons.